The Hall–Kier alpha value is -1.02. The number of hydrogen-bond acceptors (Lipinski definition) is 2. The first-order valence-corrected chi connectivity index (χ1v) is 7.25. The lowest BCUT2D eigenvalue weighted by Gasteiger charge is -2.21. The smallest absolute Gasteiger partial charge is 0.122 e. The van der Waals surface area contributed by atoms with Gasteiger partial charge in [-0.2, -0.15) is 0 Å². The minimum Gasteiger partial charge on any atom is -0.507 e. The Morgan fingerprint density at radius 2 is 2.00 bits per heavy atom. The first-order valence-electron chi connectivity index (χ1n) is 7.25. The van der Waals surface area contributed by atoms with Gasteiger partial charge in [0.2, 0.25) is 0 Å². The van der Waals surface area contributed by atoms with Gasteiger partial charge in [-0.15, -0.1) is 0 Å². The number of benzene rings is 1. The molecule has 0 unspecified atom stereocenters. The summed E-state index contributed by atoms with van der Waals surface area (Å²) in [6, 6.07) is 5.95. The molecule has 1 fully saturated rings. The summed E-state index contributed by atoms with van der Waals surface area (Å²) < 4.78 is 0. The minimum atomic E-state index is 0.447. The number of para-hydroxylation sites is 1. The molecular weight excluding hydrogens is 222 g/mol. The van der Waals surface area contributed by atoms with Gasteiger partial charge in [0.05, 0.1) is 0 Å². The Balaban J connectivity index is 1.70. The molecule has 0 aliphatic heterocycles. The van der Waals surface area contributed by atoms with E-state index in [2.05, 4.69) is 5.32 Å². The summed E-state index contributed by atoms with van der Waals surface area (Å²) in [5, 5.41) is 13.4. The molecule has 2 rings (SSSR count). The van der Waals surface area contributed by atoms with Crippen molar-refractivity contribution < 1.29 is 5.11 Å². The summed E-state index contributed by atoms with van der Waals surface area (Å²) in [5.41, 5.74) is 1.97. The van der Waals surface area contributed by atoms with Crippen molar-refractivity contribution in [1.29, 1.82) is 0 Å². The molecular formula is C16H25NO. The van der Waals surface area contributed by atoms with Crippen molar-refractivity contribution in [3.63, 3.8) is 0 Å². The standard InChI is InChI=1S/C16H25NO/c1-13-6-5-9-15(16(13)18)12-17-11-10-14-7-3-2-4-8-14/h5-6,9,14,17-18H,2-4,7-8,10-12H2,1H3. The van der Waals surface area contributed by atoms with E-state index in [9.17, 15) is 5.11 Å². The van der Waals surface area contributed by atoms with Crippen LogP contribution in [0, 0.1) is 12.8 Å². The van der Waals surface area contributed by atoms with Crippen LogP contribution in [0.5, 0.6) is 5.75 Å². The third-order valence-electron chi connectivity index (χ3n) is 4.09. The van der Waals surface area contributed by atoms with Crippen molar-refractivity contribution >= 4 is 0 Å². The first kappa shape index (κ1) is 13.4. The Labute approximate surface area is 110 Å². The lowest BCUT2D eigenvalue weighted by Crippen LogP contribution is -2.19. The molecule has 0 heterocycles. The number of hydrogen-bond donors (Lipinski definition) is 2. The number of aromatic hydroxyl groups is 1. The van der Waals surface area contributed by atoms with Crippen LogP contribution in [0.25, 0.3) is 0 Å². The van der Waals surface area contributed by atoms with E-state index in [0.717, 1.165) is 30.1 Å². The van der Waals surface area contributed by atoms with Crippen LogP contribution in [-0.4, -0.2) is 11.7 Å². The van der Waals surface area contributed by atoms with Crippen molar-refractivity contribution in [2.24, 2.45) is 5.92 Å². The molecule has 2 nitrogen and oxygen atoms in total. The van der Waals surface area contributed by atoms with Gasteiger partial charge in [0, 0.05) is 12.1 Å². The van der Waals surface area contributed by atoms with Gasteiger partial charge in [-0.05, 0) is 31.4 Å². The third-order valence-corrected chi connectivity index (χ3v) is 4.09. The second kappa shape index (κ2) is 6.79. The maximum atomic E-state index is 9.91. The van der Waals surface area contributed by atoms with Crippen LogP contribution in [0.2, 0.25) is 0 Å². The van der Waals surface area contributed by atoms with E-state index in [-0.39, 0.29) is 0 Å². The van der Waals surface area contributed by atoms with Gasteiger partial charge in [0.25, 0.3) is 0 Å². The lowest BCUT2D eigenvalue weighted by molar-refractivity contribution is 0.333. The fraction of sp³-hybridized carbons (Fsp3) is 0.625. The molecule has 0 saturated heterocycles. The number of aryl methyl sites for hydroxylation is 1. The van der Waals surface area contributed by atoms with Crippen LogP contribution < -0.4 is 5.32 Å². The zero-order valence-electron chi connectivity index (χ0n) is 11.4. The fourth-order valence-electron chi connectivity index (χ4n) is 2.87. The van der Waals surface area contributed by atoms with Gasteiger partial charge >= 0.3 is 0 Å². The first-order chi connectivity index (χ1) is 8.77. The highest BCUT2D eigenvalue weighted by Crippen LogP contribution is 2.26. The number of phenols is 1. The van der Waals surface area contributed by atoms with Gasteiger partial charge in [-0.1, -0.05) is 50.3 Å². The van der Waals surface area contributed by atoms with Crippen molar-refractivity contribution in [2.45, 2.75) is 52.0 Å². The highest BCUT2D eigenvalue weighted by molar-refractivity contribution is 5.39. The van der Waals surface area contributed by atoms with Gasteiger partial charge in [0.15, 0.2) is 0 Å². The molecule has 0 spiro atoms. The van der Waals surface area contributed by atoms with Gasteiger partial charge in [-0.25, -0.2) is 0 Å². The summed E-state index contributed by atoms with van der Waals surface area (Å²) in [5.74, 6) is 1.38. The van der Waals surface area contributed by atoms with E-state index in [1.54, 1.807) is 0 Å². The van der Waals surface area contributed by atoms with E-state index in [4.69, 9.17) is 0 Å². The zero-order chi connectivity index (χ0) is 12.8. The van der Waals surface area contributed by atoms with Gasteiger partial charge in [-0.3, -0.25) is 0 Å². The molecule has 2 N–H and O–H groups in total. The fourth-order valence-corrected chi connectivity index (χ4v) is 2.87. The summed E-state index contributed by atoms with van der Waals surface area (Å²) >= 11 is 0. The quantitative estimate of drug-likeness (QED) is 0.776. The van der Waals surface area contributed by atoms with Crippen molar-refractivity contribution in [1.82, 2.24) is 5.32 Å². The average Bonchev–Trinajstić information content (AvgIpc) is 2.40. The molecule has 1 aromatic carbocycles. The predicted molar refractivity (Wildman–Crippen MR) is 75.7 cm³/mol. The molecule has 0 aromatic heterocycles. The van der Waals surface area contributed by atoms with E-state index in [1.165, 1.54) is 38.5 Å². The largest absolute Gasteiger partial charge is 0.507 e. The van der Waals surface area contributed by atoms with Crippen molar-refractivity contribution in [3.8, 4) is 5.75 Å². The lowest BCUT2D eigenvalue weighted by atomic mass is 9.87. The molecule has 1 aliphatic carbocycles. The maximum absolute atomic E-state index is 9.91. The molecule has 100 valence electrons. The van der Waals surface area contributed by atoms with Crippen LogP contribution in [0.3, 0.4) is 0 Å². The monoisotopic (exact) mass is 247 g/mol. The van der Waals surface area contributed by atoms with Crippen LogP contribution in [0.1, 0.15) is 49.7 Å². The molecule has 1 aromatic rings. The van der Waals surface area contributed by atoms with E-state index >= 15 is 0 Å². The van der Waals surface area contributed by atoms with E-state index in [0.29, 0.717) is 5.75 Å². The molecule has 0 atom stereocenters. The molecule has 1 aliphatic rings. The molecule has 2 heteroatoms. The molecule has 0 amide bonds. The minimum absolute atomic E-state index is 0.447. The summed E-state index contributed by atoms with van der Waals surface area (Å²) in [4.78, 5) is 0. The summed E-state index contributed by atoms with van der Waals surface area (Å²) in [6.07, 6.45) is 8.38. The van der Waals surface area contributed by atoms with Crippen molar-refractivity contribution in [2.75, 3.05) is 6.54 Å². The third kappa shape index (κ3) is 3.74. The Kier molecular flexibility index (Phi) is 5.06. The van der Waals surface area contributed by atoms with E-state index in [1.807, 2.05) is 25.1 Å². The average molecular weight is 247 g/mol. The van der Waals surface area contributed by atoms with E-state index < -0.39 is 0 Å². The molecule has 18 heavy (non-hydrogen) atoms. The van der Waals surface area contributed by atoms with Crippen LogP contribution >= 0.6 is 0 Å². The van der Waals surface area contributed by atoms with Crippen LogP contribution in [0.4, 0.5) is 0 Å². The van der Waals surface area contributed by atoms with Crippen LogP contribution in [0.15, 0.2) is 18.2 Å². The Morgan fingerprint density at radius 1 is 1.22 bits per heavy atom. The highest BCUT2D eigenvalue weighted by Gasteiger charge is 2.12. The Morgan fingerprint density at radius 3 is 2.78 bits per heavy atom. The normalized spacial score (nSPS) is 16.9. The predicted octanol–water partition coefficient (Wildman–Crippen LogP) is 3.76. The van der Waals surface area contributed by atoms with Gasteiger partial charge < -0.3 is 10.4 Å². The SMILES string of the molecule is Cc1cccc(CNCCC2CCCCC2)c1O. The van der Waals surface area contributed by atoms with Crippen LogP contribution in [-0.2, 0) is 6.54 Å². The Bertz CT molecular complexity index is 369. The molecule has 0 bridgehead atoms. The molecule has 1 saturated carbocycles. The topological polar surface area (TPSA) is 32.3 Å². The highest BCUT2D eigenvalue weighted by atomic mass is 16.3. The maximum Gasteiger partial charge on any atom is 0.122 e. The second-order valence-electron chi connectivity index (χ2n) is 5.55. The molecule has 0 radical (unpaired) electrons. The number of rotatable bonds is 5. The second-order valence-corrected chi connectivity index (χ2v) is 5.55. The number of nitrogens with one attached hydrogen (secondary N) is 1. The van der Waals surface area contributed by atoms with Crippen molar-refractivity contribution in [3.05, 3.63) is 29.3 Å². The zero-order valence-corrected chi connectivity index (χ0v) is 11.4. The van der Waals surface area contributed by atoms with Gasteiger partial charge in [0.1, 0.15) is 5.75 Å². The summed E-state index contributed by atoms with van der Waals surface area (Å²) in [6.45, 7) is 3.79. The summed E-state index contributed by atoms with van der Waals surface area (Å²) in [7, 11) is 0. The number of phenolic OH excluding ortho intramolecular Hbond substituents is 1.